The smallest absolute Gasteiger partial charge is 0.229 e. The van der Waals surface area contributed by atoms with Crippen LogP contribution in [0.1, 0.15) is 31.7 Å². The van der Waals surface area contributed by atoms with E-state index in [1.54, 1.807) is 4.90 Å². The number of benzene rings is 2. The highest BCUT2D eigenvalue weighted by atomic mass is 16.2. The van der Waals surface area contributed by atoms with Gasteiger partial charge in [0.15, 0.2) is 0 Å². The first kappa shape index (κ1) is 16.2. The van der Waals surface area contributed by atoms with Crippen molar-refractivity contribution in [3.63, 3.8) is 0 Å². The second kappa shape index (κ2) is 6.87. The van der Waals surface area contributed by atoms with Gasteiger partial charge < -0.3 is 10.2 Å². The van der Waals surface area contributed by atoms with Crippen LogP contribution in [0.5, 0.6) is 0 Å². The zero-order valence-corrected chi connectivity index (χ0v) is 14.0. The largest absolute Gasteiger partial charge is 0.326 e. The van der Waals surface area contributed by atoms with Crippen molar-refractivity contribution in [3.05, 3.63) is 60.2 Å². The fourth-order valence-electron chi connectivity index (χ4n) is 2.94. The molecule has 124 valence electrons. The molecule has 0 radical (unpaired) electrons. The summed E-state index contributed by atoms with van der Waals surface area (Å²) in [5.41, 5.74) is 2.86. The van der Waals surface area contributed by atoms with Crippen LogP contribution in [-0.2, 0) is 9.59 Å². The van der Waals surface area contributed by atoms with Crippen molar-refractivity contribution in [1.29, 1.82) is 0 Å². The maximum atomic E-state index is 12.4. The van der Waals surface area contributed by atoms with E-state index in [9.17, 15) is 9.59 Å². The number of anilines is 2. The SMILES string of the molecule is CC(C)c1ccc(N2C[C@@H](C(=O)Nc3ccccc3)CC2=O)cc1. The lowest BCUT2D eigenvalue weighted by Crippen LogP contribution is -2.28. The molecule has 1 aliphatic heterocycles. The zero-order chi connectivity index (χ0) is 17.1. The van der Waals surface area contributed by atoms with Gasteiger partial charge in [0.25, 0.3) is 0 Å². The van der Waals surface area contributed by atoms with Crippen LogP contribution in [0.2, 0.25) is 0 Å². The number of carbonyl (C=O) groups excluding carboxylic acids is 2. The second-order valence-corrected chi connectivity index (χ2v) is 6.51. The van der Waals surface area contributed by atoms with E-state index < -0.39 is 0 Å². The Bertz CT molecular complexity index is 723. The minimum atomic E-state index is -0.317. The molecule has 4 nitrogen and oxygen atoms in total. The van der Waals surface area contributed by atoms with Gasteiger partial charge in [-0.1, -0.05) is 44.2 Å². The Morgan fingerprint density at radius 2 is 1.75 bits per heavy atom. The summed E-state index contributed by atoms with van der Waals surface area (Å²) in [4.78, 5) is 26.4. The molecular formula is C20H22N2O2. The van der Waals surface area contributed by atoms with Gasteiger partial charge in [-0.3, -0.25) is 9.59 Å². The van der Waals surface area contributed by atoms with E-state index in [-0.39, 0.29) is 24.2 Å². The van der Waals surface area contributed by atoms with E-state index in [0.717, 1.165) is 11.4 Å². The first-order valence-corrected chi connectivity index (χ1v) is 8.31. The topological polar surface area (TPSA) is 49.4 Å². The molecule has 0 aromatic heterocycles. The molecule has 1 saturated heterocycles. The van der Waals surface area contributed by atoms with Crippen LogP contribution in [-0.4, -0.2) is 18.4 Å². The molecule has 1 atom stereocenters. The highest BCUT2D eigenvalue weighted by Gasteiger charge is 2.35. The van der Waals surface area contributed by atoms with E-state index in [2.05, 4.69) is 19.2 Å². The molecule has 2 aromatic rings. The lowest BCUT2D eigenvalue weighted by Gasteiger charge is -2.17. The maximum Gasteiger partial charge on any atom is 0.229 e. The number of hydrogen-bond acceptors (Lipinski definition) is 2. The number of carbonyl (C=O) groups is 2. The minimum absolute atomic E-state index is 0.000471. The summed E-state index contributed by atoms with van der Waals surface area (Å²) in [6, 6.07) is 17.4. The summed E-state index contributed by atoms with van der Waals surface area (Å²) in [6.07, 6.45) is 0.255. The molecule has 1 aliphatic rings. The molecule has 0 saturated carbocycles. The van der Waals surface area contributed by atoms with Crippen LogP contribution in [0.25, 0.3) is 0 Å². The predicted molar refractivity (Wildman–Crippen MR) is 96.1 cm³/mol. The molecule has 1 N–H and O–H groups in total. The molecule has 0 bridgehead atoms. The summed E-state index contributed by atoms with van der Waals surface area (Å²) in [5.74, 6) is 0.0385. The normalized spacial score (nSPS) is 17.4. The number of amides is 2. The summed E-state index contributed by atoms with van der Waals surface area (Å²) >= 11 is 0. The molecule has 24 heavy (non-hydrogen) atoms. The lowest BCUT2D eigenvalue weighted by molar-refractivity contribution is -0.122. The van der Waals surface area contributed by atoms with Gasteiger partial charge in [0.05, 0.1) is 5.92 Å². The average molecular weight is 322 g/mol. The number of hydrogen-bond donors (Lipinski definition) is 1. The van der Waals surface area contributed by atoms with Crippen molar-refractivity contribution >= 4 is 23.2 Å². The second-order valence-electron chi connectivity index (χ2n) is 6.51. The van der Waals surface area contributed by atoms with Crippen LogP contribution < -0.4 is 10.2 Å². The van der Waals surface area contributed by atoms with Crippen molar-refractivity contribution in [1.82, 2.24) is 0 Å². The third-order valence-corrected chi connectivity index (χ3v) is 4.41. The van der Waals surface area contributed by atoms with E-state index >= 15 is 0 Å². The Hall–Kier alpha value is -2.62. The van der Waals surface area contributed by atoms with Crippen LogP contribution in [0.15, 0.2) is 54.6 Å². The summed E-state index contributed by atoms with van der Waals surface area (Å²) in [5, 5.41) is 2.88. The first-order valence-electron chi connectivity index (χ1n) is 8.31. The van der Waals surface area contributed by atoms with Gasteiger partial charge in [0, 0.05) is 24.3 Å². The molecule has 2 aromatic carbocycles. The van der Waals surface area contributed by atoms with Crippen molar-refractivity contribution in [2.24, 2.45) is 5.92 Å². The maximum absolute atomic E-state index is 12.4. The van der Waals surface area contributed by atoms with Crippen molar-refractivity contribution in [2.45, 2.75) is 26.2 Å². The van der Waals surface area contributed by atoms with Crippen molar-refractivity contribution in [2.75, 3.05) is 16.8 Å². The summed E-state index contributed by atoms with van der Waals surface area (Å²) in [7, 11) is 0. The Morgan fingerprint density at radius 1 is 1.08 bits per heavy atom. The molecule has 4 heteroatoms. The van der Waals surface area contributed by atoms with Gasteiger partial charge in [-0.25, -0.2) is 0 Å². The fourth-order valence-corrected chi connectivity index (χ4v) is 2.94. The van der Waals surface area contributed by atoms with Crippen LogP contribution in [0, 0.1) is 5.92 Å². The van der Waals surface area contributed by atoms with E-state index in [1.165, 1.54) is 5.56 Å². The van der Waals surface area contributed by atoms with Gasteiger partial charge in [0.2, 0.25) is 11.8 Å². The molecule has 3 rings (SSSR count). The van der Waals surface area contributed by atoms with E-state index in [4.69, 9.17) is 0 Å². The number of nitrogens with one attached hydrogen (secondary N) is 1. The predicted octanol–water partition coefficient (Wildman–Crippen LogP) is 3.80. The Morgan fingerprint density at radius 3 is 2.38 bits per heavy atom. The molecule has 1 fully saturated rings. The number of nitrogens with zero attached hydrogens (tertiary/aromatic N) is 1. The first-order chi connectivity index (χ1) is 11.5. The van der Waals surface area contributed by atoms with E-state index in [1.807, 2.05) is 54.6 Å². The molecule has 2 amide bonds. The van der Waals surface area contributed by atoms with Crippen molar-refractivity contribution in [3.8, 4) is 0 Å². The van der Waals surface area contributed by atoms with E-state index in [0.29, 0.717) is 12.5 Å². The monoisotopic (exact) mass is 322 g/mol. The third-order valence-electron chi connectivity index (χ3n) is 4.41. The Kier molecular flexibility index (Phi) is 4.65. The van der Waals surface area contributed by atoms with Gasteiger partial charge >= 0.3 is 0 Å². The van der Waals surface area contributed by atoms with Crippen molar-refractivity contribution < 1.29 is 9.59 Å². The summed E-state index contributed by atoms with van der Waals surface area (Å²) < 4.78 is 0. The lowest BCUT2D eigenvalue weighted by atomic mass is 10.0. The highest BCUT2D eigenvalue weighted by Crippen LogP contribution is 2.27. The Labute approximate surface area is 142 Å². The average Bonchev–Trinajstić information content (AvgIpc) is 2.98. The molecule has 0 unspecified atom stereocenters. The quantitative estimate of drug-likeness (QED) is 0.931. The van der Waals surface area contributed by atoms with Gasteiger partial charge in [-0.05, 0) is 35.7 Å². The van der Waals surface area contributed by atoms with Gasteiger partial charge in [0.1, 0.15) is 0 Å². The standard InChI is InChI=1S/C20H22N2O2/c1-14(2)15-8-10-18(11-9-15)22-13-16(12-19(22)23)20(24)21-17-6-4-3-5-7-17/h3-11,14,16H,12-13H2,1-2H3,(H,21,24)/t16-/m0/s1. The fraction of sp³-hybridized carbons (Fsp3) is 0.300. The van der Waals surface area contributed by atoms with Gasteiger partial charge in [-0.15, -0.1) is 0 Å². The van der Waals surface area contributed by atoms with Crippen LogP contribution in [0.4, 0.5) is 11.4 Å². The number of para-hydroxylation sites is 1. The molecule has 1 heterocycles. The van der Waals surface area contributed by atoms with Gasteiger partial charge in [-0.2, -0.15) is 0 Å². The molecular weight excluding hydrogens is 300 g/mol. The van der Waals surface area contributed by atoms with Crippen LogP contribution >= 0.6 is 0 Å². The number of rotatable bonds is 4. The molecule has 0 spiro atoms. The minimum Gasteiger partial charge on any atom is -0.326 e. The molecule has 0 aliphatic carbocycles. The highest BCUT2D eigenvalue weighted by molar-refractivity contribution is 6.03. The Balaban J connectivity index is 1.68. The zero-order valence-electron chi connectivity index (χ0n) is 14.0. The summed E-state index contributed by atoms with van der Waals surface area (Å²) in [6.45, 7) is 4.71. The van der Waals surface area contributed by atoms with Crippen LogP contribution in [0.3, 0.4) is 0 Å². The third kappa shape index (κ3) is 3.48.